The number of aromatic nitrogens is 1. The Labute approximate surface area is 221 Å². The maximum atomic E-state index is 13.5. The predicted molar refractivity (Wildman–Crippen MR) is 143 cm³/mol. The highest BCUT2D eigenvalue weighted by Gasteiger charge is 2.33. The molecule has 5 unspecified atom stereocenters. The molecule has 3 amide bonds. The van der Waals surface area contributed by atoms with E-state index in [9.17, 15) is 29.4 Å². The van der Waals surface area contributed by atoms with Crippen LogP contribution in [0, 0.1) is 5.92 Å². The van der Waals surface area contributed by atoms with Gasteiger partial charge in [-0.15, -0.1) is 0 Å². The minimum Gasteiger partial charge on any atom is -0.480 e. The van der Waals surface area contributed by atoms with E-state index in [0.717, 1.165) is 16.5 Å². The zero-order valence-corrected chi connectivity index (χ0v) is 21.9. The molecule has 2 rings (SSSR count). The molecule has 210 valence electrons. The van der Waals surface area contributed by atoms with Gasteiger partial charge in [-0.1, -0.05) is 38.5 Å². The van der Waals surface area contributed by atoms with Crippen molar-refractivity contribution in [3.63, 3.8) is 0 Å². The first kappa shape index (κ1) is 30.7. The van der Waals surface area contributed by atoms with E-state index >= 15 is 0 Å². The van der Waals surface area contributed by atoms with Crippen molar-refractivity contribution in [3.05, 3.63) is 36.0 Å². The largest absolute Gasteiger partial charge is 0.480 e. The summed E-state index contributed by atoms with van der Waals surface area (Å²) in [5.41, 5.74) is 12.8. The number of nitrogens with one attached hydrogen (secondary N) is 4. The third kappa shape index (κ3) is 8.54. The van der Waals surface area contributed by atoms with Crippen LogP contribution in [0.15, 0.2) is 30.5 Å². The average Bonchev–Trinajstić information content (AvgIpc) is 3.32. The number of H-pyrrole nitrogens is 1. The van der Waals surface area contributed by atoms with E-state index in [0.29, 0.717) is 25.8 Å². The number of benzene rings is 1. The second-order valence-electron chi connectivity index (χ2n) is 9.47. The maximum absolute atomic E-state index is 13.5. The number of carbonyl (C=O) groups excluding carboxylic acids is 3. The number of hydrogen-bond acceptors (Lipinski definition) is 7. The van der Waals surface area contributed by atoms with Crippen LogP contribution in [0.4, 0.5) is 0 Å². The fourth-order valence-electron chi connectivity index (χ4n) is 4.06. The quantitative estimate of drug-likeness (QED) is 0.135. The van der Waals surface area contributed by atoms with Gasteiger partial charge in [-0.25, -0.2) is 4.79 Å². The van der Waals surface area contributed by atoms with E-state index in [1.165, 1.54) is 0 Å². The monoisotopic (exact) mass is 532 g/mol. The van der Waals surface area contributed by atoms with Gasteiger partial charge in [0.05, 0.1) is 6.61 Å². The minimum absolute atomic E-state index is 0.0887. The number of unbranched alkanes of at least 4 members (excludes halogenated alkanes) is 1. The number of aliphatic carboxylic acids is 1. The molecule has 0 bridgehead atoms. The standard InChI is InChI=1S/C26H40N6O6/c1-3-15(2)22(25(36)30-20(26(37)38)10-6-7-11-27)32-24(35)21(31-23(34)18(28)14-33)12-16-13-29-19-9-5-4-8-17(16)19/h4-5,8-9,13,15,18,20-22,29,33H,3,6-7,10-12,14,27-28H2,1-2H3,(H,30,36)(H,31,34)(H,32,35)(H,37,38). The number of amides is 3. The highest BCUT2D eigenvalue weighted by molar-refractivity contribution is 5.95. The molecule has 5 atom stereocenters. The molecule has 2 aromatic rings. The first-order chi connectivity index (χ1) is 18.1. The highest BCUT2D eigenvalue weighted by atomic mass is 16.4. The second-order valence-corrected chi connectivity index (χ2v) is 9.47. The van der Waals surface area contributed by atoms with Crippen molar-refractivity contribution in [1.82, 2.24) is 20.9 Å². The number of carboxylic acids is 1. The molecule has 10 N–H and O–H groups in total. The molecule has 12 heteroatoms. The normalized spacial score (nSPS) is 15.2. The predicted octanol–water partition coefficient (Wildman–Crippen LogP) is -0.256. The molecular formula is C26H40N6O6. The fourth-order valence-corrected chi connectivity index (χ4v) is 4.06. The molecule has 0 aliphatic rings. The van der Waals surface area contributed by atoms with Crippen LogP contribution in [0.3, 0.4) is 0 Å². The molecule has 0 saturated heterocycles. The van der Waals surface area contributed by atoms with Gasteiger partial charge in [0.25, 0.3) is 0 Å². The lowest BCUT2D eigenvalue weighted by molar-refractivity contribution is -0.143. The van der Waals surface area contributed by atoms with Gasteiger partial charge in [-0.05, 0) is 43.4 Å². The molecule has 0 saturated carbocycles. The van der Waals surface area contributed by atoms with Crippen molar-refractivity contribution in [2.75, 3.05) is 13.2 Å². The number of aromatic amines is 1. The second kappa shape index (κ2) is 15.1. The smallest absolute Gasteiger partial charge is 0.326 e. The third-order valence-corrected chi connectivity index (χ3v) is 6.62. The Morgan fingerprint density at radius 1 is 1.00 bits per heavy atom. The number of rotatable bonds is 16. The van der Waals surface area contributed by atoms with Crippen LogP contribution in [0.25, 0.3) is 10.9 Å². The maximum Gasteiger partial charge on any atom is 0.326 e. The van der Waals surface area contributed by atoms with Gasteiger partial charge in [-0.3, -0.25) is 14.4 Å². The molecule has 1 aromatic carbocycles. The molecular weight excluding hydrogens is 492 g/mol. The van der Waals surface area contributed by atoms with Crippen molar-refractivity contribution in [3.8, 4) is 0 Å². The highest BCUT2D eigenvalue weighted by Crippen LogP contribution is 2.19. The molecule has 1 heterocycles. The van der Waals surface area contributed by atoms with Crippen LogP contribution in [0.5, 0.6) is 0 Å². The van der Waals surface area contributed by atoms with Gasteiger partial charge in [0.2, 0.25) is 17.7 Å². The Morgan fingerprint density at radius 2 is 1.68 bits per heavy atom. The minimum atomic E-state index is -1.23. The van der Waals surface area contributed by atoms with E-state index in [4.69, 9.17) is 11.5 Å². The summed E-state index contributed by atoms with van der Waals surface area (Å²) in [6, 6.07) is 2.97. The summed E-state index contributed by atoms with van der Waals surface area (Å²) >= 11 is 0. The Morgan fingerprint density at radius 3 is 2.32 bits per heavy atom. The molecule has 0 fully saturated rings. The van der Waals surface area contributed by atoms with Crippen LogP contribution >= 0.6 is 0 Å². The first-order valence-corrected chi connectivity index (χ1v) is 12.9. The number of nitrogens with two attached hydrogens (primary N) is 2. The molecule has 0 radical (unpaired) electrons. The van der Waals surface area contributed by atoms with Crippen LogP contribution in [0.1, 0.15) is 45.1 Å². The lowest BCUT2D eigenvalue weighted by Crippen LogP contribution is -2.59. The number of aliphatic hydroxyl groups is 1. The number of para-hydroxylation sites is 1. The Kier molecular flexibility index (Phi) is 12.2. The SMILES string of the molecule is CCC(C)C(NC(=O)C(Cc1c[nH]c2ccccc12)NC(=O)C(N)CO)C(=O)NC(CCCCN)C(=O)O. The van der Waals surface area contributed by atoms with Crippen LogP contribution in [-0.2, 0) is 25.6 Å². The van der Waals surface area contributed by atoms with Crippen LogP contribution < -0.4 is 27.4 Å². The van der Waals surface area contributed by atoms with Gasteiger partial charge in [0, 0.05) is 23.5 Å². The van der Waals surface area contributed by atoms with Crippen molar-refractivity contribution < 1.29 is 29.4 Å². The number of hydrogen-bond donors (Lipinski definition) is 8. The van der Waals surface area contributed by atoms with E-state index in [1.54, 1.807) is 13.1 Å². The zero-order valence-electron chi connectivity index (χ0n) is 21.9. The lowest BCUT2D eigenvalue weighted by atomic mass is 9.96. The summed E-state index contributed by atoms with van der Waals surface area (Å²) < 4.78 is 0. The summed E-state index contributed by atoms with van der Waals surface area (Å²) in [4.78, 5) is 54.0. The van der Waals surface area contributed by atoms with Crippen molar-refractivity contribution in [1.29, 1.82) is 0 Å². The van der Waals surface area contributed by atoms with Gasteiger partial charge < -0.3 is 42.6 Å². The van der Waals surface area contributed by atoms with Crippen LogP contribution in [0.2, 0.25) is 0 Å². The number of carbonyl (C=O) groups is 4. The number of carboxylic acid groups (broad SMARTS) is 1. The molecule has 12 nitrogen and oxygen atoms in total. The van der Waals surface area contributed by atoms with E-state index in [1.807, 2.05) is 31.2 Å². The topological polar surface area (TPSA) is 213 Å². The van der Waals surface area contributed by atoms with Crippen LogP contribution in [-0.4, -0.2) is 76.2 Å². The summed E-state index contributed by atoms with van der Waals surface area (Å²) in [6.07, 6.45) is 3.70. The zero-order chi connectivity index (χ0) is 28.2. The lowest BCUT2D eigenvalue weighted by Gasteiger charge is -2.28. The summed E-state index contributed by atoms with van der Waals surface area (Å²) in [5.74, 6) is -3.49. The molecule has 0 spiro atoms. The Balaban J connectivity index is 2.27. The summed E-state index contributed by atoms with van der Waals surface area (Å²) in [7, 11) is 0. The van der Waals surface area contributed by atoms with Crippen molar-refractivity contribution >= 4 is 34.6 Å². The average molecular weight is 533 g/mol. The molecule has 1 aromatic heterocycles. The molecule has 0 aliphatic carbocycles. The number of fused-ring (bicyclic) bond motifs is 1. The van der Waals surface area contributed by atoms with Gasteiger partial charge >= 0.3 is 5.97 Å². The van der Waals surface area contributed by atoms with E-state index in [2.05, 4.69) is 20.9 Å². The summed E-state index contributed by atoms with van der Waals surface area (Å²) in [6.45, 7) is 3.42. The Hall–Kier alpha value is -3.48. The van der Waals surface area contributed by atoms with E-state index < -0.39 is 54.5 Å². The first-order valence-electron chi connectivity index (χ1n) is 12.9. The van der Waals surface area contributed by atoms with Crippen molar-refractivity contribution in [2.24, 2.45) is 17.4 Å². The fraction of sp³-hybridized carbons (Fsp3) is 0.538. The number of aliphatic hydroxyl groups excluding tert-OH is 1. The summed E-state index contributed by atoms with van der Waals surface area (Å²) in [5, 5.41) is 27.5. The molecule has 38 heavy (non-hydrogen) atoms. The Bertz CT molecular complexity index is 1090. The van der Waals surface area contributed by atoms with Gasteiger partial charge in [-0.2, -0.15) is 0 Å². The van der Waals surface area contributed by atoms with Gasteiger partial charge in [0.15, 0.2) is 0 Å². The van der Waals surface area contributed by atoms with Gasteiger partial charge in [0.1, 0.15) is 24.2 Å². The third-order valence-electron chi connectivity index (χ3n) is 6.62. The van der Waals surface area contributed by atoms with E-state index in [-0.39, 0.29) is 18.8 Å². The van der Waals surface area contributed by atoms with Crippen molar-refractivity contribution in [2.45, 2.75) is 70.1 Å². The molecule has 0 aliphatic heterocycles.